The fourth-order valence-electron chi connectivity index (χ4n) is 1.42. The van der Waals surface area contributed by atoms with E-state index in [9.17, 15) is 4.79 Å². The number of aromatic amines is 1. The average molecular weight is 263 g/mol. The summed E-state index contributed by atoms with van der Waals surface area (Å²) in [5.74, 6) is 0.325. The van der Waals surface area contributed by atoms with E-state index in [4.69, 9.17) is 5.73 Å². The third-order valence-electron chi connectivity index (χ3n) is 2.16. The molecule has 0 spiro atoms. The molecule has 0 radical (unpaired) electrons. The van der Waals surface area contributed by atoms with Crippen LogP contribution in [-0.4, -0.2) is 19.9 Å². The predicted molar refractivity (Wildman–Crippen MR) is 69.4 cm³/mol. The number of H-pyrrole nitrogens is 1. The summed E-state index contributed by atoms with van der Waals surface area (Å²) in [7, 11) is 0. The Morgan fingerprint density at radius 2 is 2.17 bits per heavy atom. The van der Waals surface area contributed by atoms with E-state index in [2.05, 4.69) is 19.9 Å². The smallest absolute Gasteiger partial charge is 0.251 e. The summed E-state index contributed by atoms with van der Waals surface area (Å²) >= 11 is 1.20. The van der Waals surface area contributed by atoms with Crippen molar-refractivity contribution in [2.75, 3.05) is 5.73 Å². The summed E-state index contributed by atoms with van der Waals surface area (Å²) in [6, 6.07) is 1.51. The second kappa shape index (κ2) is 5.63. The summed E-state index contributed by atoms with van der Waals surface area (Å²) < 4.78 is 0. The van der Waals surface area contributed by atoms with Crippen LogP contribution >= 0.6 is 11.8 Å². The van der Waals surface area contributed by atoms with Crippen LogP contribution in [0, 0.1) is 0 Å². The molecule has 0 fully saturated rings. The number of nitrogen functional groups attached to an aromatic ring is 1. The van der Waals surface area contributed by atoms with Gasteiger partial charge in [0.1, 0.15) is 5.03 Å². The molecule has 0 saturated heterocycles. The van der Waals surface area contributed by atoms with E-state index >= 15 is 0 Å². The number of hydrogen-bond acceptors (Lipinski definition) is 6. The van der Waals surface area contributed by atoms with Crippen LogP contribution in [0.3, 0.4) is 0 Å². The van der Waals surface area contributed by atoms with E-state index in [1.165, 1.54) is 24.0 Å². The van der Waals surface area contributed by atoms with E-state index in [1.54, 1.807) is 6.20 Å². The van der Waals surface area contributed by atoms with E-state index < -0.39 is 0 Å². The Labute approximate surface area is 108 Å². The maximum Gasteiger partial charge on any atom is 0.251 e. The van der Waals surface area contributed by atoms with Crippen LogP contribution < -0.4 is 11.3 Å². The van der Waals surface area contributed by atoms with Gasteiger partial charge in [0.25, 0.3) is 5.56 Å². The van der Waals surface area contributed by atoms with Crippen molar-refractivity contribution in [1.29, 1.82) is 0 Å². The van der Waals surface area contributed by atoms with E-state index in [0.29, 0.717) is 16.0 Å². The van der Waals surface area contributed by atoms with Crippen LogP contribution in [-0.2, 0) is 6.42 Å². The van der Waals surface area contributed by atoms with Gasteiger partial charge in [-0.15, -0.1) is 0 Å². The van der Waals surface area contributed by atoms with Crippen LogP contribution in [0.25, 0.3) is 0 Å². The van der Waals surface area contributed by atoms with Gasteiger partial charge in [-0.1, -0.05) is 13.3 Å². The SMILES string of the molecule is CCCc1cc(=O)[nH]c(Sc2nccnc2N)n1. The van der Waals surface area contributed by atoms with Crippen molar-refractivity contribution in [1.82, 2.24) is 19.9 Å². The lowest BCUT2D eigenvalue weighted by Gasteiger charge is -2.03. The standard InChI is InChI=1S/C11H13N5OS/c1-2-3-7-6-8(17)16-11(15-7)18-10-9(12)13-4-5-14-10/h4-6H,2-3H2,1H3,(H2,12,13)(H,15,16,17). The molecule has 0 aliphatic heterocycles. The van der Waals surface area contributed by atoms with E-state index in [0.717, 1.165) is 18.5 Å². The average Bonchev–Trinajstić information content (AvgIpc) is 2.32. The third-order valence-corrected chi connectivity index (χ3v) is 3.06. The Balaban J connectivity index is 2.29. The molecule has 18 heavy (non-hydrogen) atoms. The first kappa shape index (κ1) is 12.6. The predicted octanol–water partition coefficient (Wildman–Crippen LogP) is 1.25. The molecule has 2 aromatic rings. The molecule has 0 amide bonds. The molecule has 0 aliphatic rings. The molecule has 3 N–H and O–H groups in total. The molecular weight excluding hydrogens is 250 g/mol. The Hall–Kier alpha value is -1.89. The van der Waals surface area contributed by atoms with Crippen molar-refractivity contribution in [3.63, 3.8) is 0 Å². The number of rotatable bonds is 4. The van der Waals surface area contributed by atoms with Gasteiger partial charge in [0.2, 0.25) is 0 Å². The van der Waals surface area contributed by atoms with Crippen molar-refractivity contribution in [3.8, 4) is 0 Å². The Kier molecular flexibility index (Phi) is 3.93. The maximum atomic E-state index is 11.5. The van der Waals surface area contributed by atoms with Crippen molar-refractivity contribution in [3.05, 3.63) is 34.5 Å². The lowest BCUT2D eigenvalue weighted by atomic mass is 10.2. The fraction of sp³-hybridized carbons (Fsp3) is 0.273. The van der Waals surface area contributed by atoms with Gasteiger partial charge >= 0.3 is 0 Å². The van der Waals surface area contributed by atoms with Crippen LogP contribution in [0.5, 0.6) is 0 Å². The third kappa shape index (κ3) is 3.07. The molecule has 6 nitrogen and oxygen atoms in total. The number of anilines is 1. The molecular formula is C11H13N5OS. The number of aromatic nitrogens is 4. The van der Waals surface area contributed by atoms with E-state index in [1.807, 2.05) is 6.92 Å². The topological polar surface area (TPSA) is 97.5 Å². The van der Waals surface area contributed by atoms with Crippen LogP contribution in [0.2, 0.25) is 0 Å². The second-order valence-electron chi connectivity index (χ2n) is 3.64. The normalized spacial score (nSPS) is 10.5. The van der Waals surface area contributed by atoms with E-state index in [-0.39, 0.29) is 5.56 Å². The van der Waals surface area contributed by atoms with Gasteiger partial charge in [0.05, 0.1) is 0 Å². The van der Waals surface area contributed by atoms with Gasteiger partial charge in [-0.05, 0) is 18.2 Å². The monoisotopic (exact) mass is 263 g/mol. The summed E-state index contributed by atoms with van der Waals surface area (Å²) in [5, 5.41) is 1.02. The molecule has 94 valence electrons. The molecule has 0 saturated carbocycles. The first-order chi connectivity index (χ1) is 8.69. The number of aryl methyl sites for hydroxylation is 1. The first-order valence-corrected chi connectivity index (χ1v) is 6.35. The molecule has 2 heterocycles. The van der Waals surface area contributed by atoms with Gasteiger partial charge in [-0.2, -0.15) is 0 Å². The minimum atomic E-state index is -0.168. The van der Waals surface area contributed by atoms with Gasteiger partial charge in [0.15, 0.2) is 11.0 Å². The molecule has 0 unspecified atom stereocenters. The van der Waals surface area contributed by atoms with Gasteiger partial charge in [-0.25, -0.2) is 15.0 Å². The fourth-order valence-corrected chi connectivity index (χ4v) is 2.19. The molecule has 2 aromatic heterocycles. The van der Waals surface area contributed by atoms with Crippen molar-refractivity contribution in [2.24, 2.45) is 0 Å². The zero-order valence-corrected chi connectivity index (χ0v) is 10.7. The second-order valence-corrected chi connectivity index (χ2v) is 4.62. The molecule has 7 heteroatoms. The first-order valence-electron chi connectivity index (χ1n) is 5.53. The summed E-state index contributed by atoms with van der Waals surface area (Å²) in [6.07, 6.45) is 4.77. The zero-order valence-electron chi connectivity index (χ0n) is 9.88. The lowest BCUT2D eigenvalue weighted by Crippen LogP contribution is -2.10. The van der Waals surface area contributed by atoms with Gasteiger partial charge in [0, 0.05) is 24.2 Å². The molecule has 0 bridgehead atoms. The summed E-state index contributed by atoms with van der Waals surface area (Å²) in [4.78, 5) is 26.5. The largest absolute Gasteiger partial charge is 0.381 e. The number of nitrogens with two attached hydrogens (primary N) is 1. The highest BCUT2D eigenvalue weighted by Gasteiger charge is 2.07. The highest BCUT2D eigenvalue weighted by atomic mass is 32.2. The number of nitrogens with zero attached hydrogens (tertiary/aromatic N) is 3. The van der Waals surface area contributed by atoms with Gasteiger partial charge in [-0.3, -0.25) is 4.79 Å². The Morgan fingerprint density at radius 1 is 1.39 bits per heavy atom. The summed E-state index contributed by atoms with van der Waals surface area (Å²) in [5.41, 5.74) is 6.29. The minimum Gasteiger partial charge on any atom is -0.381 e. The van der Waals surface area contributed by atoms with Crippen LogP contribution in [0.4, 0.5) is 5.82 Å². The van der Waals surface area contributed by atoms with Crippen molar-refractivity contribution < 1.29 is 0 Å². The van der Waals surface area contributed by atoms with Crippen LogP contribution in [0.1, 0.15) is 19.0 Å². The zero-order chi connectivity index (χ0) is 13.0. The highest BCUT2D eigenvalue weighted by molar-refractivity contribution is 7.99. The van der Waals surface area contributed by atoms with Crippen LogP contribution in [0.15, 0.2) is 33.4 Å². The molecule has 0 aliphatic carbocycles. The quantitative estimate of drug-likeness (QED) is 0.805. The minimum absolute atomic E-state index is 0.168. The number of hydrogen-bond donors (Lipinski definition) is 2. The molecule has 0 aromatic carbocycles. The maximum absolute atomic E-state index is 11.5. The Bertz CT molecular complexity index is 598. The molecule has 0 atom stereocenters. The lowest BCUT2D eigenvalue weighted by molar-refractivity contribution is 0.815. The van der Waals surface area contributed by atoms with Crippen molar-refractivity contribution >= 4 is 17.6 Å². The highest BCUT2D eigenvalue weighted by Crippen LogP contribution is 2.25. The number of nitrogens with one attached hydrogen (secondary N) is 1. The Morgan fingerprint density at radius 3 is 2.89 bits per heavy atom. The summed E-state index contributed by atoms with van der Waals surface area (Å²) in [6.45, 7) is 2.04. The molecule has 2 rings (SSSR count). The van der Waals surface area contributed by atoms with Crippen molar-refractivity contribution in [2.45, 2.75) is 29.9 Å². The van der Waals surface area contributed by atoms with Gasteiger partial charge < -0.3 is 10.7 Å².